The van der Waals surface area contributed by atoms with E-state index in [1.54, 1.807) is 12.1 Å². The van der Waals surface area contributed by atoms with Crippen LogP contribution in [0.5, 0.6) is 0 Å². The zero-order chi connectivity index (χ0) is 12.3. The first kappa shape index (κ1) is 13.0. The normalized spacial score (nSPS) is 16.2. The fourth-order valence-electron chi connectivity index (χ4n) is 2.08. The number of hydrogen-bond donors (Lipinski definition) is 1. The lowest BCUT2D eigenvalue weighted by atomic mass is 10.1. The van der Waals surface area contributed by atoms with Gasteiger partial charge in [-0.15, -0.1) is 0 Å². The van der Waals surface area contributed by atoms with Crippen LogP contribution in [0.3, 0.4) is 0 Å². The molecule has 0 atom stereocenters. The topological polar surface area (TPSA) is 15.3 Å². The van der Waals surface area contributed by atoms with Crippen molar-refractivity contribution in [1.29, 1.82) is 0 Å². The minimum Gasteiger partial charge on any atom is -0.314 e. The van der Waals surface area contributed by atoms with Crippen molar-refractivity contribution in [3.05, 3.63) is 34.1 Å². The molecule has 0 amide bonds. The second-order valence-electron chi connectivity index (χ2n) is 4.53. The maximum absolute atomic E-state index is 13.4. The predicted octanol–water partition coefficient (Wildman–Crippen LogP) is 2.77. The lowest BCUT2D eigenvalue weighted by Crippen LogP contribution is -2.56. The van der Waals surface area contributed by atoms with Crippen LogP contribution in [0, 0.1) is 5.82 Å². The van der Waals surface area contributed by atoms with E-state index in [0.29, 0.717) is 10.5 Å². The van der Waals surface area contributed by atoms with Gasteiger partial charge >= 0.3 is 0 Å². The van der Waals surface area contributed by atoms with Crippen molar-refractivity contribution < 1.29 is 4.39 Å². The summed E-state index contributed by atoms with van der Waals surface area (Å²) in [6, 6.07) is 6.01. The third kappa shape index (κ3) is 3.27. The summed E-state index contributed by atoms with van der Waals surface area (Å²) in [7, 11) is 0. The first-order valence-corrected chi connectivity index (χ1v) is 6.88. The molecule has 0 unspecified atom stereocenters. The van der Waals surface area contributed by atoms with Crippen molar-refractivity contribution in [2.45, 2.75) is 25.9 Å². The molecule has 0 bridgehead atoms. The second-order valence-corrected chi connectivity index (χ2v) is 5.39. The van der Waals surface area contributed by atoms with Gasteiger partial charge in [0.25, 0.3) is 0 Å². The Morgan fingerprint density at radius 1 is 1.47 bits per heavy atom. The van der Waals surface area contributed by atoms with E-state index in [9.17, 15) is 4.39 Å². The van der Waals surface area contributed by atoms with Gasteiger partial charge in [-0.25, -0.2) is 4.39 Å². The third-order valence-corrected chi connectivity index (χ3v) is 3.80. The van der Waals surface area contributed by atoms with Crippen LogP contribution in [0.4, 0.5) is 4.39 Å². The highest BCUT2D eigenvalue weighted by atomic mass is 79.9. The number of nitrogens with zero attached hydrogens (tertiary/aromatic N) is 1. The summed E-state index contributed by atoms with van der Waals surface area (Å²) >= 11 is 3.18. The molecule has 2 rings (SSSR count). The molecule has 1 aromatic rings. The van der Waals surface area contributed by atoms with Gasteiger partial charge in [0, 0.05) is 25.7 Å². The summed E-state index contributed by atoms with van der Waals surface area (Å²) < 4.78 is 14.0. The van der Waals surface area contributed by atoms with E-state index in [-0.39, 0.29) is 5.82 Å². The zero-order valence-corrected chi connectivity index (χ0v) is 11.6. The summed E-state index contributed by atoms with van der Waals surface area (Å²) in [4.78, 5) is 2.43. The van der Waals surface area contributed by atoms with Gasteiger partial charge in [-0.05, 0) is 46.6 Å². The summed E-state index contributed by atoms with van der Waals surface area (Å²) in [6.45, 7) is 6.20. The predicted molar refractivity (Wildman–Crippen MR) is 71.5 cm³/mol. The van der Waals surface area contributed by atoms with Crippen molar-refractivity contribution in [3.8, 4) is 0 Å². The van der Waals surface area contributed by atoms with E-state index < -0.39 is 0 Å². The van der Waals surface area contributed by atoms with Crippen LogP contribution in [0.1, 0.15) is 18.9 Å². The Kier molecular flexibility index (Phi) is 4.54. The highest BCUT2D eigenvalue weighted by molar-refractivity contribution is 9.10. The van der Waals surface area contributed by atoms with Gasteiger partial charge in [0.2, 0.25) is 0 Å². The average molecular weight is 301 g/mol. The van der Waals surface area contributed by atoms with Crippen LogP contribution in [0.2, 0.25) is 0 Å². The molecule has 1 aliphatic heterocycles. The first-order valence-electron chi connectivity index (χ1n) is 6.09. The molecule has 4 heteroatoms. The van der Waals surface area contributed by atoms with Crippen molar-refractivity contribution >= 4 is 15.9 Å². The molecule has 1 aromatic carbocycles. The summed E-state index contributed by atoms with van der Waals surface area (Å²) in [6.07, 6.45) is 1.13. The lowest BCUT2D eigenvalue weighted by Gasteiger charge is -2.38. The Labute approximate surface area is 110 Å². The van der Waals surface area contributed by atoms with Gasteiger partial charge in [-0.1, -0.05) is 13.0 Å². The molecule has 0 radical (unpaired) electrons. The molecule has 1 aliphatic rings. The summed E-state index contributed by atoms with van der Waals surface area (Å²) in [5, 5.41) is 3.28. The van der Waals surface area contributed by atoms with Crippen LogP contribution < -0.4 is 5.32 Å². The Bertz CT molecular complexity index is 380. The minimum absolute atomic E-state index is 0.175. The average Bonchev–Trinajstić information content (AvgIpc) is 2.21. The van der Waals surface area contributed by atoms with Gasteiger partial charge in [-0.3, -0.25) is 4.90 Å². The molecule has 1 saturated heterocycles. The van der Waals surface area contributed by atoms with Crippen LogP contribution in [-0.2, 0) is 6.54 Å². The van der Waals surface area contributed by atoms with Crippen molar-refractivity contribution in [3.63, 3.8) is 0 Å². The zero-order valence-electron chi connectivity index (χ0n) is 10.0. The Morgan fingerprint density at radius 2 is 2.24 bits per heavy atom. The maximum atomic E-state index is 13.4. The Balaban J connectivity index is 2.02. The number of rotatable bonds is 5. The van der Waals surface area contributed by atoms with Gasteiger partial charge < -0.3 is 5.32 Å². The van der Waals surface area contributed by atoms with E-state index in [0.717, 1.165) is 38.2 Å². The number of nitrogens with one attached hydrogen (secondary N) is 1. The smallest absolute Gasteiger partial charge is 0.137 e. The van der Waals surface area contributed by atoms with Crippen molar-refractivity contribution in [2.75, 3.05) is 19.6 Å². The second kappa shape index (κ2) is 5.94. The third-order valence-electron chi connectivity index (χ3n) is 3.16. The number of benzene rings is 1. The maximum Gasteiger partial charge on any atom is 0.137 e. The molecule has 1 N–H and O–H groups in total. The van der Waals surface area contributed by atoms with Crippen molar-refractivity contribution in [2.24, 2.45) is 0 Å². The first-order chi connectivity index (χ1) is 8.20. The van der Waals surface area contributed by atoms with Crippen molar-refractivity contribution in [1.82, 2.24) is 10.2 Å². The quantitative estimate of drug-likeness (QED) is 0.899. The SMILES string of the molecule is CCCN(Cc1ccc(Br)c(F)c1)C1CNC1. The number of hydrogen-bond acceptors (Lipinski definition) is 2. The standard InChI is InChI=1S/C13H18BrFN2/c1-2-5-17(11-7-16-8-11)9-10-3-4-12(14)13(15)6-10/h3-4,6,11,16H,2,5,7-9H2,1H3. The molecule has 0 aliphatic carbocycles. The van der Waals surface area contributed by atoms with Crippen LogP contribution >= 0.6 is 15.9 Å². The van der Waals surface area contributed by atoms with Gasteiger partial charge in [0.15, 0.2) is 0 Å². The van der Waals surface area contributed by atoms with E-state index in [1.807, 2.05) is 6.07 Å². The van der Waals surface area contributed by atoms with Crippen LogP contribution in [0.25, 0.3) is 0 Å². The Hall–Kier alpha value is -0.450. The molecule has 17 heavy (non-hydrogen) atoms. The largest absolute Gasteiger partial charge is 0.314 e. The van der Waals surface area contributed by atoms with Crippen LogP contribution in [0.15, 0.2) is 22.7 Å². The summed E-state index contributed by atoms with van der Waals surface area (Å²) in [5.74, 6) is -0.175. The highest BCUT2D eigenvalue weighted by Gasteiger charge is 2.23. The molecular weight excluding hydrogens is 283 g/mol. The van der Waals surface area contributed by atoms with Crippen LogP contribution in [-0.4, -0.2) is 30.6 Å². The lowest BCUT2D eigenvalue weighted by molar-refractivity contribution is 0.137. The van der Waals surface area contributed by atoms with Gasteiger partial charge in [0.1, 0.15) is 5.82 Å². The fourth-order valence-corrected chi connectivity index (χ4v) is 2.33. The van der Waals surface area contributed by atoms with Gasteiger partial charge in [-0.2, -0.15) is 0 Å². The number of halogens is 2. The molecule has 1 fully saturated rings. The van der Waals surface area contributed by atoms with Gasteiger partial charge in [0.05, 0.1) is 4.47 Å². The molecular formula is C13H18BrFN2. The molecule has 2 nitrogen and oxygen atoms in total. The Morgan fingerprint density at radius 3 is 2.76 bits per heavy atom. The summed E-state index contributed by atoms with van der Waals surface area (Å²) in [5.41, 5.74) is 1.05. The monoisotopic (exact) mass is 300 g/mol. The fraction of sp³-hybridized carbons (Fsp3) is 0.538. The van der Waals surface area contributed by atoms with E-state index in [2.05, 4.69) is 33.1 Å². The molecule has 0 spiro atoms. The molecule has 0 aromatic heterocycles. The molecule has 94 valence electrons. The highest BCUT2D eigenvalue weighted by Crippen LogP contribution is 2.19. The van der Waals surface area contributed by atoms with E-state index in [1.165, 1.54) is 0 Å². The van der Waals surface area contributed by atoms with E-state index in [4.69, 9.17) is 0 Å². The molecule has 0 saturated carbocycles. The minimum atomic E-state index is -0.175. The van der Waals surface area contributed by atoms with E-state index >= 15 is 0 Å². The molecule has 1 heterocycles.